The summed E-state index contributed by atoms with van der Waals surface area (Å²) in [6.07, 6.45) is -3.58. The third-order valence-corrected chi connectivity index (χ3v) is 5.92. The normalized spacial score (nSPS) is 19.7. The topological polar surface area (TPSA) is 86.7 Å². The first-order valence-electron chi connectivity index (χ1n) is 7.71. The summed E-state index contributed by atoms with van der Waals surface area (Å²) >= 11 is 0. The summed E-state index contributed by atoms with van der Waals surface area (Å²) in [5.41, 5.74) is -1.18. The molecule has 25 heavy (non-hydrogen) atoms. The van der Waals surface area contributed by atoms with Gasteiger partial charge >= 0.3 is 12.1 Å². The molecule has 0 bridgehead atoms. The maximum atomic E-state index is 13.1. The van der Waals surface area contributed by atoms with Crippen LogP contribution in [0.3, 0.4) is 0 Å². The number of carboxylic acid groups (broad SMARTS) is 1. The molecule has 6 nitrogen and oxygen atoms in total. The summed E-state index contributed by atoms with van der Waals surface area (Å²) < 4.78 is 65.8. The van der Waals surface area contributed by atoms with Crippen LogP contribution in [-0.4, -0.2) is 50.0 Å². The molecule has 0 amide bonds. The van der Waals surface area contributed by atoms with Crippen LogP contribution < -0.4 is 5.32 Å². The first kappa shape index (κ1) is 19.7. The van der Waals surface area contributed by atoms with Crippen molar-refractivity contribution in [2.75, 3.05) is 26.2 Å². The highest BCUT2D eigenvalue weighted by atomic mass is 32.2. The Labute approximate surface area is 143 Å². The number of alkyl halides is 3. The van der Waals surface area contributed by atoms with Gasteiger partial charge in [0.25, 0.3) is 0 Å². The molecule has 2 rings (SSSR count). The fourth-order valence-electron chi connectivity index (χ4n) is 2.86. The van der Waals surface area contributed by atoms with E-state index >= 15 is 0 Å². The SMILES string of the molecule is O=C(O)CNCC1CCCN(S(=O)(=O)c2ccccc2C(F)(F)F)C1. The molecular weight excluding hydrogens is 361 g/mol. The van der Waals surface area contributed by atoms with E-state index in [0.29, 0.717) is 19.4 Å². The average molecular weight is 380 g/mol. The van der Waals surface area contributed by atoms with Crippen molar-refractivity contribution in [3.05, 3.63) is 29.8 Å². The standard InChI is InChI=1S/C15H19F3N2O4S/c16-15(17,18)12-5-1-2-6-13(12)25(23,24)20-7-3-4-11(10-20)8-19-9-14(21)22/h1-2,5-6,11,19H,3-4,7-10H2,(H,21,22). The van der Waals surface area contributed by atoms with Gasteiger partial charge in [0.15, 0.2) is 0 Å². The number of piperidine rings is 1. The summed E-state index contributed by atoms with van der Waals surface area (Å²) in [4.78, 5) is 9.76. The number of halogens is 3. The first-order valence-corrected chi connectivity index (χ1v) is 9.15. The van der Waals surface area contributed by atoms with Crippen molar-refractivity contribution < 1.29 is 31.5 Å². The van der Waals surface area contributed by atoms with Crippen LogP contribution in [0.1, 0.15) is 18.4 Å². The number of rotatable bonds is 6. The van der Waals surface area contributed by atoms with Crippen LogP contribution in [0, 0.1) is 5.92 Å². The minimum Gasteiger partial charge on any atom is -0.480 e. The fraction of sp³-hybridized carbons (Fsp3) is 0.533. The van der Waals surface area contributed by atoms with E-state index in [1.54, 1.807) is 0 Å². The molecule has 1 aromatic rings. The predicted octanol–water partition coefficient (Wildman–Crippen LogP) is 1.78. The van der Waals surface area contributed by atoms with Crippen molar-refractivity contribution >= 4 is 16.0 Å². The van der Waals surface area contributed by atoms with Gasteiger partial charge in [-0.3, -0.25) is 4.79 Å². The van der Waals surface area contributed by atoms with Crippen molar-refractivity contribution in [3.8, 4) is 0 Å². The number of aliphatic carboxylic acids is 1. The minimum atomic E-state index is -4.76. The number of nitrogens with one attached hydrogen (secondary N) is 1. The Bertz CT molecular complexity index is 722. The Hall–Kier alpha value is -1.65. The second-order valence-corrected chi connectivity index (χ2v) is 7.80. The predicted molar refractivity (Wildman–Crippen MR) is 83.4 cm³/mol. The van der Waals surface area contributed by atoms with Gasteiger partial charge in [0.1, 0.15) is 0 Å². The summed E-state index contributed by atoms with van der Waals surface area (Å²) in [5, 5.41) is 11.3. The number of hydrogen-bond donors (Lipinski definition) is 2. The van der Waals surface area contributed by atoms with E-state index < -0.39 is 32.6 Å². The summed E-state index contributed by atoms with van der Waals surface area (Å²) in [6.45, 7) is 0.241. The quantitative estimate of drug-likeness (QED) is 0.786. The van der Waals surface area contributed by atoms with E-state index in [2.05, 4.69) is 5.32 Å². The van der Waals surface area contributed by atoms with Crippen LogP contribution in [-0.2, 0) is 21.0 Å². The van der Waals surface area contributed by atoms with Crippen LogP contribution in [0.4, 0.5) is 13.2 Å². The Morgan fingerprint density at radius 3 is 2.64 bits per heavy atom. The molecule has 10 heteroatoms. The van der Waals surface area contributed by atoms with E-state index in [1.807, 2.05) is 0 Å². The number of nitrogens with zero attached hydrogens (tertiary/aromatic N) is 1. The van der Waals surface area contributed by atoms with Gasteiger partial charge in [-0.1, -0.05) is 12.1 Å². The zero-order valence-corrected chi connectivity index (χ0v) is 14.1. The van der Waals surface area contributed by atoms with Gasteiger partial charge in [-0.2, -0.15) is 17.5 Å². The summed E-state index contributed by atoms with van der Waals surface area (Å²) in [6, 6.07) is 4.13. The van der Waals surface area contributed by atoms with Gasteiger partial charge < -0.3 is 10.4 Å². The molecule has 1 fully saturated rings. The molecule has 0 saturated carbocycles. The number of carbonyl (C=O) groups is 1. The van der Waals surface area contributed by atoms with E-state index in [-0.39, 0.29) is 25.6 Å². The minimum absolute atomic E-state index is 0.0567. The Morgan fingerprint density at radius 2 is 2.00 bits per heavy atom. The maximum absolute atomic E-state index is 13.1. The summed E-state index contributed by atoms with van der Waals surface area (Å²) in [7, 11) is -4.28. The van der Waals surface area contributed by atoms with Crippen molar-refractivity contribution in [1.29, 1.82) is 0 Å². The Kier molecular flexibility index (Phi) is 6.07. The highest BCUT2D eigenvalue weighted by molar-refractivity contribution is 7.89. The van der Waals surface area contributed by atoms with Crippen LogP contribution in [0.25, 0.3) is 0 Å². The van der Waals surface area contributed by atoms with Gasteiger partial charge in [-0.15, -0.1) is 0 Å². The molecule has 1 aromatic carbocycles. The van der Waals surface area contributed by atoms with Gasteiger partial charge in [-0.05, 0) is 37.4 Å². The van der Waals surface area contributed by atoms with E-state index in [1.165, 1.54) is 6.07 Å². The van der Waals surface area contributed by atoms with Gasteiger partial charge in [-0.25, -0.2) is 8.42 Å². The van der Waals surface area contributed by atoms with Crippen LogP contribution in [0.2, 0.25) is 0 Å². The van der Waals surface area contributed by atoms with Gasteiger partial charge in [0, 0.05) is 13.1 Å². The molecule has 140 valence electrons. The molecule has 0 spiro atoms. The lowest BCUT2D eigenvalue weighted by Gasteiger charge is -2.32. The molecule has 0 radical (unpaired) electrons. The van der Waals surface area contributed by atoms with Crippen molar-refractivity contribution in [1.82, 2.24) is 9.62 Å². The zero-order valence-electron chi connectivity index (χ0n) is 13.3. The van der Waals surface area contributed by atoms with Gasteiger partial charge in [0.05, 0.1) is 17.0 Å². The lowest BCUT2D eigenvalue weighted by molar-refractivity contribution is -0.140. The smallest absolute Gasteiger partial charge is 0.417 e. The number of sulfonamides is 1. The molecule has 1 aliphatic heterocycles. The first-order chi connectivity index (χ1) is 11.6. The molecule has 1 saturated heterocycles. The van der Waals surface area contributed by atoms with Crippen molar-refractivity contribution in [2.45, 2.75) is 23.9 Å². The lowest BCUT2D eigenvalue weighted by atomic mass is 10.00. The highest BCUT2D eigenvalue weighted by Gasteiger charge is 2.39. The molecular formula is C15H19F3N2O4S. The maximum Gasteiger partial charge on any atom is 0.417 e. The second-order valence-electron chi connectivity index (χ2n) is 5.89. The lowest BCUT2D eigenvalue weighted by Crippen LogP contribution is -2.43. The van der Waals surface area contributed by atoms with Crippen LogP contribution in [0.5, 0.6) is 0 Å². The van der Waals surface area contributed by atoms with Gasteiger partial charge in [0.2, 0.25) is 10.0 Å². The monoisotopic (exact) mass is 380 g/mol. The van der Waals surface area contributed by atoms with E-state index in [9.17, 15) is 26.4 Å². The number of hydrogen-bond acceptors (Lipinski definition) is 4. The summed E-state index contributed by atoms with van der Waals surface area (Å²) in [5.74, 6) is -1.18. The van der Waals surface area contributed by atoms with Crippen LogP contribution in [0.15, 0.2) is 29.2 Å². The van der Waals surface area contributed by atoms with E-state index in [0.717, 1.165) is 22.5 Å². The Balaban J connectivity index is 2.18. The molecule has 1 atom stereocenters. The Morgan fingerprint density at radius 1 is 1.32 bits per heavy atom. The molecule has 1 heterocycles. The zero-order chi connectivity index (χ0) is 18.7. The van der Waals surface area contributed by atoms with Crippen molar-refractivity contribution in [3.63, 3.8) is 0 Å². The largest absolute Gasteiger partial charge is 0.480 e. The van der Waals surface area contributed by atoms with E-state index in [4.69, 9.17) is 5.11 Å². The van der Waals surface area contributed by atoms with Crippen molar-refractivity contribution in [2.24, 2.45) is 5.92 Å². The molecule has 2 N–H and O–H groups in total. The second kappa shape index (κ2) is 7.71. The molecule has 0 aromatic heterocycles. The third-order valence-electron chi connectivity index (χ3n) is 4.00. The highest BCUT2D eigenvalue weighted by Crippen LogP contribution is 2.35. The molecule has 1 unspecified atom stereocenters. The third kappa shape index (κ3) is 4.93. The molecule has 0 aliphatic carbocycles. The number of carboxylic acids is 1. The van der Waals surface area contributed by atoms with Crippen LogP contribution >= 0.6 is 0 Å². The number of benzene rings is 1. The molecule has 1 aliphatic rings. The average Bonchev–Trinajstić information content (AvgIpc) is 2.54. The fourth-order valence-corrected chi connectivity index (χ4v) is 4.63.